The molecule has 0 aliphatic rings. The summed E-state index contributed by atoms with van der Waals surface area (Å²) in [5.41, 5.74) is 2.62. The molecule has 0 bridgehead atoms. The lowest BCUT2D eigenvalue weighted by Crippen LogP contribution is -2.51. The Bertz CT molecular complexity index is 549. The fourth-order valence-corrected chi connectivity index (χ4v) is 3.09. The molecule has 2 heterocycles. The molecule has 0 aliphatic heterocycles. The van der Waals surface area contributed by atoms with E-state index in [4.69, 9.17) is 0 Å². The van der Waals surface area contributed by atoms with Gasteiger partial charge in [-0.25, -0.2) is 4.98 Å². The van der Waals surface area contributed by atoms with Crippen LogP contribution >= 0.6 is 11.3 Å². The minimum Gasteiger partial charge on any atom is -0.394 e. The summed E-state index contributed by atoms with van der Waals surface area (Å²) >= 11 is 1.62. The lowest BCUT2D eigenvalue weighted by Gasteiger charge is -2.29. The Morgan fingerprint density at radius 3 is 2.63 bits per heavy atom. The van der Waals surface area contributed by atoms with Crippen LogP contribution in [-0.2, 0) is 6.54 Å². The summed E-state index contributed by atoms with van der Waals surface area (Å²) in [5, 5.41) is 24.3. The fourth-order valence-electron chi connectivity index (χ4n) is 2.16. The van der Waals surface area contributed by atoms with Crippen LogP contribution in [0.4, 0.5) is 0 Å². The normalized spacial score (nSPS) is 12.5. The van der Waals surface area contributed by atoms with Gasteiger partial charge in [0.05, 0.1) is 30.1 Å². The second-order valence-electron chi connectivity index (χ2n) is 4.94. The summed E-state index contributed by atoms with van der Waals surface area (Å²) in [5.74, 6) is 0. The molecule has 0 unspecified atom stereocenters. The van der Waals surface area contributed by atoms with Gasteiger partial charge in [0.15, 0.2) is 4.96 Å². The second kappa shape index (κ2) is 5.58. The molecule has 0 amide bonds. The van der Waals surface area contributed by atoms with Gasteiger partial charge in [-0.3, -0.25) is 4.40 Å². The molecule has 0 radical (unpaired) electrons. The van der Waals surface area contributed by atoms with Crippen molar-refractivity contribution in [2.24, 2.45) is 0 Å². The molecule has 106 valence electrons. The largest absolute Gasteiger partial charge is 0.394 e. The zero-order chi connectivity index (χ0) is 14.0. The van der Waals surface area contributed by atoms with E-state index in [1.165, 1.54) is 0 Å². The number of aliphatic hydroxyl groups is 2. The highest BCUT2D eigenvalue weighted by Gasteiger charge is 2.26. The van der Waals surface area contributed by atoms with Gasteiger partial charge in [0, 0.05) is 17.6 Å². The molecular formula is C13H21N3O2S. The van der Waals surface area contributed by atoms with Crippen molar-refractivity contribution in [3.63, 3.8) is 0 Å². The number of thiazole rings is 1. The van der Waals surface area contributed by atoms with Crippen molar-refractivity contribution in [3.05, 3.63) is 22.5 Å². The third-order valence-electron chi connectivity index (χ3n) is 3.74. The first-order valence-corrected chi connectivity index (χ1v) is 7.33. The Kier molecular flexibility index (Phi) is 4.25. The fraction of sp³-hybridized carbons (Fsp3) is 0.615. The van der Waals surface area contributed by atoms with E-state index in [0.29, 0.717) is 13.0 Å². The summed E-state index contributed by atoms with van der Waals surface area (Å²) in [6.07, 6.45) is 0.670. The van der Waals surface area contributed by atoms with Gasteiger partial charge in [-0.1, -0.05) is 6.92 Å². The van der Waals surface area contributed by atoms with Crippen LogP contribution in [0.15, 0.2) is 5.38 Å². The number of hydrogen-bond acceptors (Lipinski definition) is 5. The van der Waals surface area contributed by atoms with Crippen LogP contribution < -0.4 is 5.32 Å². The van der Waals surface area contributed by atoms with E-state index >= 15 is 0 Å². The molecule has 2 rings (SSSR count). The standard InChI is InChI=1S/C13H21N3O2S/c1-4-13(7-17,8-18)14-5-11-10(3)15-12-16(11)9(2)6-19-12/h6,14,17-18H,4-5,7-8H2,1-3H3. The first-order chi connectivity index (χ1) is 9.06. The second-order valence-corrected chi connectivity index (χ2v) is 5.78. The van der Waals surface area contributed by atoms with Crippen LogP contribution in [0.25, 0.3) is 4.96 Å². The van der Waals surface area contributed by atoms with Crippen LogP contribution in [0, 0.1) is 13.8 Å². The number of nitrogens with one attached hydrogen (secondary N) is 1. The molecule has 0 fully saturated rings. The maximum absolute atomic E-state index is 9.46. The van der Waals surface area contributed by atoms with E-state index in [-0.39, 0.29) is 13.2 Å². The molecule has 2 aromatic rings. The van der Waals surface area contributed by atoms with Crippen LogP contribution in [0.1, 0.15) is 30.4 Å². The minimum absolute atomic E-state index is 0.0797. The van der Waals surface area contributed by atoms with Gasteiger partial charge in [0.25, 0.3) is 0 Å². The van der Waals surface area contributed by atoms with Crippen LogP contribution in [0.3, 0.4) is 0 Å². The monoisotopic (exact) mass is 283 g/mol. The van der Waals surface area contributed by atoms with Gasteiger partial charge in [0.1, 0.15) is 0 Å². The summed E-state index contributed by atoms with van der Waals surface area (Å²) in [6, 6.07) is 0. The Balaban J connectivity index is 2.26. The first-order valence-electron chi connectivity index (χ1n) is 6.45. The van der Waals surface area contributed by atoms with Crippen molar-refractivity contribution in [2.45, 2.75) is 39.3 Å². The quantitative estimate of drug-likeness (QED) is 0.746. The third kappa shape index (κ3) is 2.53. The highest BCUT2D eigenvalue weighted by atomic mass is 32.1. The van der Waals surface area contributed by atoms with Crippen LogP contribution in [0.5, 0.6) is 0 Å². The maximum atomic E-state index is 9.46. The predicted octanol–water partition coefficient (Wildman–Crippen LogP) is 1.24. The molecule has 5 nitrogen and oxygen atoms in total. The molecule has 0 aliphatic carbocycles. The number of rotatable bonds is 6. The zero-order valence-corrected chi connectivity index (χ0v) is 12.4. The number of aromatic nitrogens is 2. The summed E-state index contributed by atoms with van der Waals surface area (Å²) < 4.78 is 2.13. The van der Waals surface area contributed by atoms with Crippen molar-refractivity contribution in [3.8, 4) is 0 Å². The molecule has 0 saturated carbocycles. The average molecular weight is 283 g/mol. The highest BCUT2D eigenvalue weighted by molar-refractivity contribution is 7.15. The van der Waals surface area contributed by atoms with Gasteiger partial charge in [-0.2, -0.15) is 0 Å². The van der Waals surface area contributed by atoms with Gasteiger partial charge >= 0.3 is 0 Å². The molecule has 0 aromatic carbocycles. The van der Waals surface area contributed by atoms with E-state index < -0.39 is 5.54 Å². The molecule has 0 spiro atoms. The van der Waals surface area contributed by atoms with Crippen molar-refractivity contribution >= 4 is 16.3 Å². The van der Waals surface area contributed by atoms with Crippen LogP contribution in [0.2, 0.25) is 0 Å². The SMILES string of the molecule is CCC(CO)(CO)NCc1c(C)nc2scc(C)n12. The van der Waals surface area contributed by atoms with Crippen molar-refractivity contribution in [1.29, 1.82) is 0 Å². The molecule has 3 N–H and O–H groups in total. The summed E-state index contributed by atoms with van der Waals surface area (Å²) in [4.78, 5) is 5.52. The zero-order valence-electron chi connectivity index (χ0n) is 11.6. The average Bonchev–Trinajstić information content (AvgIpc) is 2.92. The van der Waals surface area contributed by atoms with Crippen molar-refractivity contribution in [2.75, 3.05) is 13.2 Å². The lowest BCUT2D eigenvalue weighted by molar-refractivity contribution is 0.0860. The van der Waals surface area contributed by atoms with Gasteiger partial charge in [-0.05, 0) is 20.3 Å². The summed E-state index contributed by atoms with van der Waals surface area (Å²) in [7, 11) is 0. The number of aryl methyl sites for hydroxylation is 2. The van der Waals surface area contributed by atoms with E-state index in [1.807, 2.05) is 13.8 Å². The van der Waals surface area contributed by atoms with E-state index in [2.05, 4.69) is 27.0 Å². The van der Waals surface area contributed by atoms with Gasteiger partial charge < -0.3 is 15.5 Å². The number of hydrogen-bond donors (Lipinski definition) is 3. The van der Waals surface area contributed by atoms with Gasteiger partial charge in [-0.15, -0.1) is 11.3 Å². The van der Waals surface area contributed by atoms with Crippen molar-refractivity contribution in [1.82, 2.24) is 14.7 Å². The maximum Gasteiger partial charge on any atom is 0.194 e. The number of fused-ring (bicyclic) bond motifs is 1. The highest BCUT2D eigenvalue weighted by Crippen LogP contribution is 2.21. The number of imidazole rings is 1. The lowest BCUT2D eigenvalue weighted by atomic mass is 9.98. The topological polar surface area (TPSA) is 69.8 Å². The Hall–Kier alpha value is -0.950. The molecule has 0 saturated heterocycles. The Morgan fingerprint density at radius 1 is 1.37 bits per heavy atom. The molecule has 2 aromatic heterocycles. The molecule has 19 heavy (non-hydrogen) atoms. The number of aliphatic hydroxyl groups excluding tert-OH is 2. The van der Waals surface area contributed by atoms with E-state index in [9.17, 15) is 10.2 Å². The first kappa shape index (κ1) is 14.5. The molecule has 0 atom stereocenters. The van der Waals surface area contributed by atoms with E-state index in [1.54, 1.807) is 11.3 Å². The third-order valence-corrected chi connectivity index (χ3v) is 4.69. The summed E-state index contributed by atoms with van der Waals surface area (Å²) in [6.45, 7) is 6.42. The minimum atomic E-state index is -0.624. The molecule has 6 heteroatoms. The number of nitrogens with zero attached hydrogens (tertiary/aromatic N) is 2. The van der Waals surface area contributed by atoms with E-state index in [0.717, 1.165) is 22.0 Å². The molecular weight excluding hydrogens is 262 g/mol. The smallest absolute Gasteiger partial charge is 0.194 e. The van der Waals surface area contributed by atoms with Gasteiger partial charge in [0.2, 0.25) is 0 Å². The Labute approximate surface area is 116 Å². The predicted molar refractivity (Wildman–Crippen MR) is 76.6 cm³/mol. The Morgan fingerprint density at radius 2 is 2.05 bits per heavy atom. The van der Waals surface area contributed by atoms with Crippen LogP contribution in [-0.4, -0.2) is 38.4 Å². The van der Waals surface area contributed by atoms with Crippen molar-refractivity contribution < 1.29 is 10.2 Å².